The Kier molecular flexibility index (Phi) is 6.06. The summed E-state index contributed by atoms with van der Waals surface area (Å²) in [6, 6.07) is 8.62. The molecule has 1 aromatic carbocycles. The van der Waals surface area contributed by atoms with E-state index in [1.165, 1.54) is 44.1 Å². The van der Waals surface area contributed by atoms with Crippen molar-refractivity contribution in [3.8, 4) is 0 Å². The van der Waals surface area contributed by atoms with Crippen molar-refractivity contribution in [3.05, 3.63) is 34.3 Å². The summed E-state index contributed by atoms with van der Waals surface area (Å²) in [6.07, 6.45) is 8.04. The molecule has 0 heterocycles. The molecule has 1 fully saturated rings. The number of nitrogens with two attached hydrogens (primary N) is 1. The largest absolute Gasteiger partial charge is 0.330 e. The lowest BCUT2D eigenvalue weighted by atomic mass is 9.72. The van der Waals surface area contributed by atoms with E-state index in [1.54, 1.807) is 0 Å². The van der Waals surface area contributed by atoms with E-state index in [-0.39, 0.29) is 0 Å². The summed E-state index contributed by atoms with van der Waals surface area (Å²) in [4.78, 5) is 2.43. The predicted octanol–water partition coefficient (Wildman–Crippen LogP) is 4.18. The molecular weight excluding hydrogens is 312 g/mol. The zero-order valence-electron chi connectivity index (χ0n) is 12.6. The predicted molar refractivity (Wildman–Crippen MR) is 89.7 cm³/mol. The maximum Gasteiger partial charge on any atom is 0.0230 e. The first-order valence-electron chi connectivity index (χ1n) is 7.77. The van der Waals surface area contributed by atoms with Crippen LogP contribution in [0.4, 0.5) is 0 Å². The fraction of sp³-hybridized carbons (Fsp3) is 0.647. The van der Waals surface area contributed by atoms with E-state index in [0.29, 0.717) is 5.41 Å². The molecule has 20 heavy (non-hydrogen) atoms. The maximum absolute atomic E-state index is 6.07. The Labute approximate surface area is 131 Å². The van der Waals surface area contributed by atoms with E-state index in [4.69, 9.17) is 5.73 Å². The van der Waals surface area contributed by atoms with E-state index in [2.05, 4.69) is 52.1 Å². The lowest BCUT2D eigenvalue weighted by molar-refractivity contribution is 0.154. The van der Waals surface area contributed by atoms with Gasteiger partial charge in [0.1, 0.15) is 0 Å². The highest BCUT2D eigenvalue weighted by molar-refractivity contribution is 9.10. The van der Waals surface area contributed by atoms with Gasteiger partial charge in [0, 0.05) is 11.0 Å². The van der Waals surface area contributed by atoms with Crippen LogP contribution in [0.5, 0.6) is 0 Å². The molecule has 2 nitrogen and oxygen atoms in total. The van der Waals surface area contributed by atoms with Gasteiger partial charge < -0.3 is 10.6 Å². The van der Waals surface area contributed by atoms with Crippen LogP contribution >= 0.6 is 15.9 Å². The van der Waals surface area contributed by atoms with Crippen molar-refractivity contribution in [1.29, 1.82) is 0 Å². The van der Waals surface area contributed by atoms with Crippen LogP contribution in [0.3, 0.4) is 0 Å². The van der Waals surface area contributed by atoms with Gasteiger partial charge in [-0.15, -0.1) is 0 Å². The van der Waals surface area contributed by atoms with Gasteiger partial charge in [-0.2, -0.15) is 0 Å². The smallest absolute Gasteiger partial charge is 0.0230 e. The number of benzene rings is 1. The zero-order valence-corrected chi connectivity index (χ0v) is 14.2. The molecule has 0 radical (unpaired) electrons. The topological polar surface area (TPSA) is 29.3 Å². The molecule has 3 heteroatoms. The molecule has 1 saturated carbocycles. The second-order valence-electron chi connectivity index (χ2n) is 6.38. The SMILES string of the molecule is CN(CCC1(CN)CCCCC1)Cc1ccc(Br)cc1. The van der Waals surface area contributed by atoms with Crippen molar-refractivity contribution >= 4 is 15.9 Å². The molecule has 0 unspecified atom stereocenters. The Morgan fingerprint density at radius 3 is 2.40 bits per heavy atom. The lowest BCUT2D eigenvalue weighted by Crippen LogP contribution is -2.36. The highest BCUT2D eigenvalue weighted by atomic mass is 79.9. The molecule has 0 saturated heterocycles. The van der Waals surface area contributed by atoms with Gasteiger partial charge in [-0.1, -0.05) is 47.3 Å². The maximum atomic E-state index is 6.07. The molecule has 0 aromatic heterocycles. The van der Waals surface area contributed by atoms with E-state index in [1.807, 2.05) is 0 Å². The first-order valence-corrected chi connectivity index (χ1v) is 8.56. The second kappa shape index (κ2) is 7.58. The van der Waals surface area contributed by atoms with E-state index >= 15 is 0 Å². The average Bonchev–Trinajstić information content (AvgIpc) is 2.49. The first-order chi connectivity index (χ1) is 9.63. The van der Waals surface area contributed by atoms with Crippen molar-refractivity contribution in [2.75, 3.05) is 20.1 Å². The van der Waals surface area contributed by atoms with Gasteiger partial charge >= 0.3 is 0 Å². The Morgan fingerprint density at radius 2 is 1.80 bits per heavy atom. The molecule has 0 atom stereocenters. The Morgan fingerprint density at radius 1 is 1.15 bits per heavy atom. The van der Waals surface area contributed by atoms with Crippen LogP contribution in [0, 0.1) is 5.41 Å². The van der Waals surface area contributed by atoms with Crippen LogP contribution in [0.25, 0.3) is 0 Å². The van der Waals surface area contributed by atoms with Crippen molar-refractivity contribution in [2.24, 2.45) is 11.1 Å². The minimum absolute atomic E-state index is 0.423. The van der Waals surface area contributed by atoms with Crippen LogP contribution in [-0.4, -0.2) is 25.0 Å². The van der Waals surface area contributed by atoms with Gasteiger partial charge in [-0.25, -0.2) is 0 Å². The number of halogens is 1. The quantitative estimate of drug-likeness (QED) is 0.842. The molecule has 2 N–H and O–H groups in total. The average molecular weight is 339 g/mol. The van der Waals surface area contributed by atoms with Gasteiger partial charge in [0.25, 0.3) is 0 Å². The normalized spacial score (nSPS) is 18.4. The monoisotopic (exact) mass is 338 g/mol. The molecule has 0 bridgehead atoms. The molecule has 0 amide bonds. The van der Waals surface area contributed by atoms with Crippen molar-refractivity contribution in [1.82, 2.24) is 4.90 Å². The van der Waals surface area contributed by atoms with Crippen molar-refractivity contribution in [2.45, 2.75) is 45.1 Å². The highest BCUT2D eigenvalue weighted by Gasteiger charge is 2.30. The lowest BCUT2D eigenvalue weighted by Gasteiger charge is -2.37. The summed E-state index contributed by atoms with van der Waals surface area (Å²) >= 11 is 3.48. The minimum Gasteiger partial charge on any atom is -0.330 e. The van der Waals surface area contributed by atoms with E-state index < -0.39 is 0 Å². The van der Waals surface area contributed by atoms with Crippen LogP contribution in [0.2, 0.25) is 0 Å². The summed E-state index contributed by atoms with van der Waals surface area (Å²) in [7, 11) is 2.22. The molecular formula is C17H27BrN2. The highest BCUT2D eigenvalue weighted by Crippen LogP contribution is 2.38. The molecule has 1 aliphatic rings. The van der Waals surface area contributed by atoms with Crippen LogP contribution < -0.4 is 5.73 Å². The third-order valence-corrected chi connectivity index (χ3v) is 5.27. The number of rotatable bonds is 6. The molecule has 112 valence electrons. The van der Waals surface area contributed by atoms with E-state index in [0.717, 1.165) is 24.1 Å². The molecule has 1 aromatic rings. The molecule has 0 spiro atoms. The van der Waals surface area contributed by atoms with Gasteiger partial charge in [0.05, 0.1) is 0 Å². The molecule has 1 aliphatic carbocycles. The Bertz CT molecular complexity index is 396. The van der Waals surface area contributed by atoms with Crippen molar-refractivity contribution in [3.63, 3.8) is 0 Å². The minimum atomic E-state index is 0.423. The summed E-state index contributed by atoms with van der Waals surface area (Å²) in [6.45, 7) is 3.03. The van der Waals surface area contributed by atoms with Gasteiger partial charge in [0.2, 0.25) is 0 Å². The van der Waals surface area contributed by atoms with Crippen LogP contribution in [0.1, 0.15) is 44.1 Å². The molecule has 2 rings (SSSR count). The Balaban J connectivity index is 1.81. The standard InChI is InChI=1S/C17H27BrN2/c1-20(13-15-5-7-16(18)8-6-15)12-11-17(14-19)9-3-2-4-10-17/h5-8H,2-4,9-14,19H2,1H3. The molecule has 0 aliphatic heterocycles. The van der Waals surface area contributed by atoms with Gasteiger partial charge in [-0.05, 0) is 62.5 Å². The van der Waals surface area contributed by atoms with Gasteiger partial charge in [-0.3, -0.25) is 0 Å². The summed E-state index contributed by atoms with van der Waals surface area (Å²) in [5.41, 5.74) is 7.87. The van der Waals surface area contributed by atoms with Crippen LogP contribution in [0.15, 0.2) is 28.7 Å². The number of nitrogens with zero attached hydrogens (tertiary/aromatic N) is 1. The van der Waals surface area contributed by atoms with Crippen LogP contribution in [-0.2, 0) is 6.54 Å². The number of hydrogen-bond acceptors (Lipinski definition) is 2. The third-order valence-electron chi connectivity index (χ3n) is 4.74. The van der Waals surface area contributed by atoms with Gasteiger partial charge in [0.15, 0.2) is 0 Å². The zero-order chi connectivity index (χ0) is 14.4. The third kappa shape index (κ3) is 4.57. The second-order valence-corrected chi connectivity index (χ2v) is 7.29. The number of hydrogen-bond donors (Lipinski definition) is 1. The summed E-state index contributed by atoms with van der Waals surface area (Å²) in [5.74, 6) is 0. The van der Waals surface area contributed by atoms with E-state index in [9.17, 15) is 0 Å². The van der Waals surface area contributed by atoms with Crippen molar-refractivity contribution < 1.29 is 0 Å². The summed E-state index contributed by atoms with van der Waals surface area (Å²) in [5, 5.41) is 0. The first kappa shape index (κ1) is 16.0. The Hall–Kier alpha value is -0.380. The fourth-order valence-corrected chi connectivity index (χ4v) is 3.53. The summed E-state index contributed by atoms with van der Waals surface area (Å²) < 4.78 is 1.15. The fourth-order valence-electron chi connectivity index (χ4n) is 3.27.